The quantitative estimate of drug-likeness (QED) is 0.280. The van der Waals surface area contributed by atoms with E-state index in [0.29, 0.717) is 37.4 Å². The maximum absolute atomic E-state index is 9.95. The van der Waals surface area contributed by atoms with Crippen LogP contribution in [0.4, 0.5) is 0 Å². The van der Waals surface area contributed by atoms with Gasteiger partial charge in [-0.05, 0) is 29.7 Å². The van der Waals surface area contributed by atoms with Crippen molar-refractivity contribution in [1.29, 1.82) is 0 Å². The van der Waals surface area contributed by atoms with Gasteiger partial charge in [0.1, 0.15) is 11.5 Å². The van der Waals surface area contributed by atoms with E-state index in [9.17, 15) is 5.11 Å². The fourth-order valence-electron chi connectivity index (χ4n) is 2.51. The number of aromatic hydroxyl groups is 1. The minimum Gasteiger partial charge on any atom is -0.508 e. The van der Waals surface area contributed by atoms with Crippen LogP contribution < -0.4 is 15.4 Å². The summed E-state index contributed by atoms with van der Waals surface area (Å²) in [6.07, 6.45) is 0. The number of phenols is 1. The van der Waals surface area contributed by atoms with Crippen molar-refractivity contribution in [3.05, 3.63) is 59.7 Å². The Morgan fingerprint density at radius 2 is 1.89 bits per heavy atom. The zero-order valence-electron chi connectivity index (χ0n) is 16.6. The van der Waals surface area contributed by atoms with Gasteiger partial charge < -0.3 is 25.2 Å². The highest BCUT2D eigenvalue weighted by atomic mass is 127. The second kappa shape index (κ2) is 13.2. The number of methoxy groups -OCH3 is 1. The van der Waals surface area contributed by atoms with Gasteiger partial charge in [-0.15, -0.1) is 24.0 Å². The van der Waals surface area contributed by atoms with Crippen molar-refractivity contribution in [2.24, 2.45) is 10.9 Å². The Morgan fingerprint density at radius 3 is 2.57 bits per heavy atom. The van der Waals surface area contributed by atoms with Crippen LogP contribution in [0, 0.1) is 5.92 Å². The predicted octanol–water partition coefficient (Wildman–Crippen LogP) is 3.54. The predicted molar refractivity (Wildman–Crippen MR) is 124 cm³/mol. The number of aliphatic imine (C=N–C) groups is 1. The van der Waals surface area contributed by atoms with E-state index in [1.165, 1.54) is 5.56 Å². The summed E-state index contributed by atoms with van der Waals surface area (Å²) in [5.74, 6) is 1.93. The van der Waals surface area contributed by atoms with Crippen LogP contribution in [-0.4, -0.2) is 38.4 Å². The van der Waals surface area contributed by atoms with Crippen molar-refractivity contribution < 1.29 is 14.6 Å². The largest absolute Gasteiger partial charge is 0.508 e. The first kappa shape index (κ1) is 24.0. The molecule has 0 spiro atoms. The number of phenolic OH excluding ortho intramolecular Hbond substituents is 1. The van der Waals surface area contributed by atoms with Gasteiger partial charge in [-0.2, -0.15) is 0 Å². The molecule has 0 bridgehead atoms. The number of hydrogen-bond donors (Lipinski definition) is 3. The van der Waals surface area contributed by atoms with Gasteiger partial charge in [-0.25, -0.2) is 0 Å². The average molecular weight is 499 g/mol. The van der Waals surface area contributed by atoms with Gasteiger partial charge in [0.25, 0.3) is 0 Å². The lowest BCUT2D eigenvalue weighted by molar-refractivity contribution is 0.0931. The van der Waals surface area contributed by atoms with Crippen LogP contribution in [-0.2, 0) is 17.9 Å². The fraction of sp³-hybridized carbons (Fsp3) is 0.381. The lowest BCUT2D eigenvalue weighted by Gasteiger charge is -2.17. The number of halogens is 1. The SMILES string of the molecule is CN=C(NCc1cc(OC)ccc1O)NCC(C)COCc1ccccc1.I. The molecule has 3 N–H and O–H groups in total. The van der Waals surface area contributed by atoms with Crippen LogP contribution >= 0.6 is 24.0 Å². The number of ether oxygens (including phenoxy) is 2. The van der Waals surface area contributed by atoms with Gasteiger partial charge in [0.05, 0.1) is 20.3 Å². The van der Waals surface area contributed by atoms with Crippen LogP contribution in [0.5, 0.6) is 11.5 Å². The molecule has 28 heavy (non-hydrogen) atoms. The van der Waals surface area contributed by atoms with Crippen molar-refractivity contribution in [2.45, 2.75) is 20.1 Å². The zero-order chi connectivity index (χ0) is 19.5. The highest BCUT2D eigenvalue weighted by Crippen LogP contribution is 2.22. The summed E-state index contributed by atoms with van der Waals surface area (Å²) >= 11 is 0. The topological polar surface area (TPSA) is 75.1 Å². The number of hydrogen-bond acceptors (Lipinski definition) is 4. The second-order valence-corrected chi connectivity index (χ2v) is 6.41. The summed E-state index contributed by atoms with van der Waals surface area (Å²) in [4.78, 5) is 4.22. The molecule has 1 unspecified atom stereocenters. The third-order valence-electron chi connectivity index (χ3n) is 4.09. The molecular formula is C21H30IN3O3. The lowest BCUT2D eigenvalue weighted by Crippen LogP contribution is -2.39. The van der Waals surface area contributed by atoms with Gasteiger partial charge in [0, 0.05) is 25.7 Å². The first-order valence-corrected chi connectivity index (χ1v) is 9.04. The molecule has 0 saturated heterocycles. The van der Waals surface area contributed by atoms with E-state index < -0.39 is 0 Å². The van der Waals surface area contributed by atoms with E-state index in [0.717, 1.165) is 12.1 Å². The Kier molecular flexibility index (Phi) is 11.4. The summed E-state index contributed by atoms with van der Waals surface area (Å²) in [7, 11) is 3.32. The average Bonchev–Trinajstić information content (AvgIpc) is 2.70. The van der Waals surface area contributed by atoms with E-state index in [1.807, 2.05) is 18.2 Å². The summed E-state index contributed by atoms with van der Waals surface area (Å²) in [5, 5.41) is 16.4. The number of nitrogens with one attached hydrogen (secondary N) is 2. The van der Waals surface area contributed by atoms with Gasteiger partial charge >= 0.3 is 0 Å². The molecule has 0 saturated carbocycles. The van der Waals surface area contributed by atoms with E-state index in [4.69, 9.17) is 9.47 Å². The molecule has 0 amide bonds. The minimum absolute atomic E-state index is 0. The number of rotatable bonds is 9. The van der Waals surface area contributed by atoms with Crippen LogP contribution in [0.2, 0.25) is 0 Å². The van der Waals surface area contributed by atoms with E-state index in [-0.39, 0.29) is 29.7 Å². The molecule has 1 atom stereocenters. The van der Waals surface area contributed by atoms with Gasteiger partial charge in [-0.3, -0.25) is 4.99 Å². The molecule has 154 valence electrons. The number of nitrogens with zero attached hydrogens (tertiary/aromatic N) is 1. The maximum atomic E-state index is 9.95. The van der Waals surface area contributed by atoms with Crippen LogP contribution in [0.25, 0.3) is 0 Å². The molecule has 0 aliphatic heterocycles. The van der Waals surface area contributed by atoms with Crippen molar-refractivity contribution in [2.75, 3.05) is 27.3 Å². The highest BCUT2D eigenvalue weighted by Gasteiger charge is 2.07. The Balaban J connectivity index is 0.00000392. The van der Waals surface area contributed by atoms with Crippen LogP contribution in [0.1, 0.15) is 18.1 Å². The Labute approximate surface area is 184 Å². The molecule has 0 fully saturated rings. The molecule has 2 aromatic carbocycles. The maximum Gasteiger partial charge on any atom is 0.191 e. The first-order valence-electron chi connectivity index (χ1n) is 9.04. The molecule has 2 aromatic rings. The van der Waals surface area contributed by atoms with Crippen LogP contribution in [0.3, 0.4) is 0 Å². The highest BCUT2D eigenvalue weighted by molar-refractivity contribution is 14.0. The second-order valence-electron chi connectivity index (χ2n) is 6.41. The van der Waals surface area contributed by atoms with Crippen molar-refractivity contribution in [3.63, 3.8) is 0 Å². The van der Waals surface area contributed by atoms with Crippen molar-refractivity contribution >= 4 is 29.9 Å². The Hall–Kier alpha value is -2.00. The smallest absolute Gasteiger partial charge is 0.191 e. The normalized spacial score (nSPS) is 12.0. The molecular weight excluding hydrogens is 469 g/mol. The van der Waals surface area contributed by atoms with Gasteiger partial charge in [0.2, 0.25) is 0 Å². The molecule has 0 heterocycles. The lowest BCUT2D eigenvalue weighted by atomic mass is 10.2. The third kappa shape index (κ3) is 8.35. The first-order chi connectivity index (χ1) is 13.1. The molecule has 6 nitrogen and oxygen atoms in total. The fourth-order valence-corrected chi connectivity index (χ4v) is 2.51. The molecule has 0 radical (unpaired) electrons. The number of guanidine groups is 1. The molecule has 7 heteroatoms. The molecule has 0 aliphatic carbocycles. The van der Waals surface area contributed by atoms with Crippen molar-refractivity contribution in [1.82, 2.24) is 10.6 Å². The third-order valence-corrected chi connectivity index (χ3v) is 4.09. The molecule has 0 aromatic heterocycles. The molecule has 0 aliphatic rings. The summed E-state index contributed by atoms with van der Waals surface area (Å²) < 4.78 is 11.0. The summed E-state index contributed by atoms with van der Waals surface area (Å²) in [5.41, 5.74) is 1.92. The zero-order valence-corrected chi connectivity index (χ0v) is 19.0. The van der Waals surface area contributed by atoms with Gasteiger partial charge in [-0.1, -0.05) is 37.3 Å². The standard InChI is InChI=1S/C21H29N3O3.HI/c1-16(14-27-15-17-7-5-4-6-8-17)12-23-21(22-2)24-13-18-11-19(26-3)9-10-20(18)25;/h4-11,16,25H,12-15H2,1-3H3,(H2,22,23,24);1H. The monoisotopic (exact) mass is 499 g/mol. The molecule has 2 rings (SSSR count). The Bertz CT molecular complexity index is 726. The van der Waals surface area contributed by atoms with Crippen molar-refractivity contribution in [3.8, 4) is 11.5 Å². The van der Waals surface area contributed by atoms with E-state index in [2.05, 4.69) is 34.7 Å². The number of benzene rings is 2. The van der Waals surface area contributed by atoms with E-state index in [1.54, 1.807) is 32.4 Å². The van der Waals surface area contributed by atoms with E-state index >= 15 is 0 Å². The summed E-state index contributed by atoms with van der Waals surface area (Å²) in [6, 6.07) is 15.3. The summed E-state index contributed by atoms with van der Waals surface area (Å²) in [6.45, 7) is 4.59. The van der Waals surface area contributed by atoms with Crippen LogP contribution in [0.15, 0.2) is 53.5 Å². The Morgan fingerprint density at radius 1 is 1.14 bits per heavy atom. The van der Waals surface area contributed by atoms with Gasteiger partial charge in [0.15, 0.2) is 5.96 Å². The minimum atomic E-state index is 0.